The number of carboxylic acid groups (broad SMARTS) is 2. The minimum atomic E-state index is -0.929. The fraction of sp³-hybridized carbons (Fsp3) is 0.636. The van der Waals surface area contributed by atoms with Gasteiger partial charge in [0.1, 0.15) is 6.04 Å². The Morgan fingerprint density at radius 1 is 1.38 bits per heavy atom. The lowest BCUT2D eigenvalue weighted by Crippen LogP contribution is -2.44. The Kier molecular flexibility index (Phi) is 6.41. The second kappa shape index (κ2) is 7.00. The van der Waals surface area contributed by atoms with E-state index in [0.29, 0.717) is 13.0 Å². The van der Waals surface area contributed by atoms with Crippen molar-refractivity contribution in [2.75, 3.05) is 13.1 Å². The lowest BCUT2D eigenvalue weighted by atomic mass is 10.1. The smallest absolute Gasteiger partial charge is 0.320 e. The van der Waals surface area contributed by atoms with Crippen molar-refractivity contribution in [3.63, 3.8) is 0 Å². The number of hydrogen-bond donors (Lipinski definition) is 2. The number of carbonyl (C=O) groups is 2. The molecule has 0 aliphatic carbocycles. The molecule has 92 valence electrons. The lowest BCUT2D eigenvalue weighted by Gasteiger charge is -2.28. The van der Waals surface area contributed by atoms with E-state index in [9.17, 15) is 9.59 Å². The number of aliphatic carboxylic acids is 2. The first-order valence-corrected chi connectivity index (χ1v) is 5.24. The zero-order valence-corrected chi connectivity index (χ0v) is 9.72. The first kappa shape index (κ1) is 14.6. The zero-order valence-electron chi connectivity index (χ0n) is 9.72. The van der Waals surface area contributed by atoms with Gasteiger partial charge in [-0.15, -0.1) is 6.58 Å². The van der Waals surface area contributed by atoms with Crippen molar-refractivity contribution in [2.24, 2.45) is 5.92 Å². The minimum Gasteiger partial charge on any atom is -0.481 e. The molecule has 0 fully saturated rings. The molecule has 16 heavy (non-hydrogen) atoms. The van der Waals surface area contributed by atoms with E-state index in [2.05, 4.69) is 6.58 Å². The monoisotopic (exact) mass is 229 g/mol. The summed E-state index contributed by atoms with van der Waals surface area (Å²) < 4.78 is 0. The summed E-state index contributed by atoms with van der Waals surface area (Å²) in [6.45, 7) is 7.47. The fourth-order valence-electron chi connectivity index (χ4n) is 1.51. The second-order valence-electron chi connectivity index (χ2n) is 3.74. The highest BCUT2D eigenvalue weighted by molar-refractivity contribution is 5.74. The third-order valence-corrected chi connectivity index (χ3v) is 2.41. The van der Waals surface area contributed by atoms with Gasteiger partial charge in [-0.2, -0.15) is 0 Å². The van der Waals surface area contributed by atoms with E-state index in [4.69, 9.17) is 10.2 Å². The van der Waals surface area contributed by atoms with E-state index >= 15 is 0 Å². The summed E-state index contributed by atoms with van der Waals surface area (Å²) in [6.07, 6.45) is 2.02. The van der Waals surface area contributed by atoms with E-state index in [1.807, 2.05) is 0 Å². The van der Waals surface area contributed by atoms with Crippen molar-refractivity contribution in [3.05, 3.63) is 12.7 Å². The Labute approximate surface area is 95.4 Å². The van der Waals surface area contributed by atoms with Crippen molar-refractivity contribution in [1.82, 2.24) is 4.90 Å². The summed E-state index contributed by atoms with van der Waals surface area (Å²) in [5.41, 5.74) is 0. The van der Waals surface area contributed by atoms with Crippen LogP contribution < -0.4 is 0 Å². The third kappa shape index (κ3) is 4.44. The van der Waals surface area contributed by atoms with Crippen molar-refractivity contribution >= 4 is 11.9 Å². The van der Waals surface area contributed by atoms with Gasteiger partial charge in [0.25, 0.3) is 0 Å². The maximum Gasteiger partial charge on any atom is 0.320 e. The van der Waals surface area contributed by atoms with Gasteiger partial charge in [0.2, 0.25) is 0 Å². The SMILES string of the molecule is C=CCN(CC(C)C(=O)O)C(CC)C(=O)O. The highest BCUT2D eigenvalue weighted by Crippen LogP contribution is 2.09. The van der Waals surface area contributed by atoms with Gasteiger partial charge in [-0.3, -0.25) is 14.5 Å². The molecule has 2 unspecified atom stereocenters. The highest BCUT2D eigenvalue weighted by Gasteiger charge is 2.25. The molecule has 0 saturated heterocycles. The van der Waals surface area contributed by atoms with E-state index in [1.54, 1.807) is 24.8 Å². The van der Waals surface area contributed by atoms with E-state index in [-0.39, 0.29) is 6.54 Å². The lowest BCUT2D eigenvalue weighted by molar-refractivity contribution is -0.147. The zero-order chi connectivity index (χ0) is 12.7. The van der Waals surface area contributed by atoms with E-state index in [0.717, 1.165) is 0 Å². The summed E-state index contributed by atoms with van der Waals surface area (Å²) in [7, 11) is 0. The molecule has 2 atom stereocenters. The Balaban J connectivity index is 4.63. The molecule has 0 bridgehead atoms. The van der Waals surface area contributed by atoms with Crippen molar-refractivity contribution in [3.8, 4) is 0 Å². The molecule has 0 heterocycles. The molecule has 0 aromatic heterocycles. The molecule has 5 heteroatoms. The van der Waals surface area contributed by atoms with Crippen LogP contribution in [0.3, 0.4) is 0 Å². The fourth-order valence-corrected chi connectivity index (χ4v) is 1.51. The van der Waals surface area contributed by atoms with Gasteiger partial charge in [-0.25, -0.2) is 0 Å². The highest BCUT2D eigenvalue weighted by atomic mass is 16.4. The molecule has 0 radical (unpaired) electrons. The van der Waals surface area contributed by atoms with Gasteiger partial charge in [-0.1, -0.05) is 19.9 Å². The summed E-state index contributed by atoms with van der Waals surface area (Å²) >= 11 is 0. The Bertz CT molecular complexity index is 265. The predicted octanol–water partition coefficient (Wildman–Crippen LogP) is 1.06. The standard InChI is InChI=1S/C11H19NO4/c1-4-6-12(7-8(3)10(13)14)9(5-2)11(15)16/h4,8-9H,1,5-7H2,2-3H3,(H,13,14)(H,15,16). The van der Waals surface area contributed by atoms with Crippen LogP contribution in [0.5, 0.6) is 0 Å². The average molecular weight is 229 g/mol. The van der Waals surface area contributed by atoms with Gasteiger partial charge < -0.3 is 10.2 Å². The molecule has 0 saturated carbocycles. The van der Waals surface area contributed by atoms with Crippen molar-refractivity contribution in [1.29, 1.82) is 0 Å². The quantitative estimate of drug-likeness (QED) is 0.608. The minimum absolute atomic E-state index is 0.214. The maximum absolute atomic E-state index is 11.0. The molecule has 5 nitrogen and oxygen atoms in total. The van der Waals surface area contributed by atoms with Crippen LogP contribution in [0.15, 0.2) is 12.7 Å². The van der Waals surface area contributed by atoms with Gasteiger partial charge in [0.05, 0.1) is 5.92 Å². The summed E-state index contributed by atoms with van der Waals surface area (Å²) in [5, 5.41) is 17.8. The molecular weight excluding hydrogens is 210 g/mol. The van der Waals surface area contributed by atoms with Gasteiger partial charge in [-0.05, 0) is 6.42 Å². The van der Waals surface area contributed by atoms with E-state index < -0.39 is 23.9 Å². The molecule has 2 N–H and O–H groups in total. The van der Waals surface area contributed by atoms with Crippen LogP contribution >= 0.6 is 0 Å². The molecular formula is C11H19NO4. The summed E-state index contributed by atoms with van der Waals surface area (Å²) in [6, 6.07) is -0.653. The molecule has 0 aliphatic rings. The Hall–Kier alpha value is -1.36. The van der Waals surface area contributed by atoms with Crippen molar-refractivity contribution < 1.29 is 19.8 Å². The van der Waals surface area contributed by atoms with Gasteiger partial charge in [0, 0.05) is 13.1 Å². The first-order valence-electron chi connectivity index (χ1n) is 5.24. The molecule has 0 aliphatic heterocycles. The summed E-state index contributed by atoms with van der Waals surface area (Å²) in [5.74, 6) is -2.44. The summed E-state index contributed by atoms with van der Waals surface area (Å²) in [4.78, 5) is 23.3. The predicted molar refractivity (Wildman–Crippen MR) is 60.3 cm³/mol. The molecule has 0 aromatic carbocycles. The van der Waals surface area contributed by atoms with Crippen LogP contribution in [0.1, 0.15) is 20.3 Å². The van der Waals surface area contributed by atoms with Crippen LogP contribution in [0.4, 0.5) is 0 Å². The number of nitrogens with zero attached hydrogens (tertiary/aromatic N) is 1. The van der Waals surface area contributed by atoms with Crippen LogP contribution in [-0.2, 0) is 9.59 Å². The number of hydrogen-bond acceptors (Lipinski definition) is 3. The molecule has 0 amide bonds. The number of carboxylic acids is 2. The Morgan fingerprint density at radius 2 is 1.94 bits per heavy atom. The van der Waals surface area contributed by atoms with Crippen LogP contribution in [0.2, 0.25) is 0 Å². The second-order valence-corrected chi connectivity index (χ2v) is 3.74. The molecule has 0 rings (SSSR count). The third-order valence-electron chi connectivity index (χ3n) is 2.41. The maximum atomic E-state index is 11.0. The largest absolute Gasteiger partial charge is 0.481 e. The van der Waals surface area contributed by atoms with Gasteiger partial charge in [0.15, 0.2) is 0 Å². The van der Waals surface area contributed by atoms with Crippen LogP contribution in [0.25, 0.3) is 0 Å². The average Bonchev–Trinajstić information content (AvgIpc) is 2.18. The van der Waals surface area contributed by atoms with Crippen LogP contribution in [0, 0.1) is 5.92 Å². The van der Waals surface area contributed by atoms with E-state index in [1.165, 1.54) is 0 Å². The molecule has 0 spiro atoms. The Morgan fingerprint density at radius 3 is 2.25 bits per heavy atom. The van der Waals surface area contributed by atoms with Gasteiger partial charge >= 0.3 is 11.9 Å². The topological polar surface area (TPSA) is 77.8 Å². The van der Waals surface area contributed by atoms with Crippen molar-refractivity contribution in [2.45, 2.75) is 26.3 Å². The molecule has 0 aromatic rings. The first-order chi connectivity index (χ1) is 7.43. The van der Waals surface area contributed by atoms with Crippen LogP contribution in [-0.4, -0.2) is 46.2 Å². The number of rotatable bonds is 8. The normalized spacial score (nSPS) is 14.4.